The van der Waals surface area contributed by atoms with Gasteiger partial charge < -0.3 is 25.6 Å². The largest absolute Gasteiger partial charge is 0.378 e. The first-order chi connectivity index (χ1) is 19.1. The molecule has 4 heterocycles. The Kier molecular flexibility index (Phi) is 7.67. The number of nitrogens with zero attached hydrogens (tertiary/aromatic N) is 4. The number of hydrogen-bond donors (Lipinski definition) is 3. The Balaban J connectivity index is 1.30. The number of piperidine rings is 1. The molecule has 2 aromatic carbocycles. The van der Waals surface area contributed by atoms with Gasteiger partial charge in [-0.15, -0.1) is 0 Å². The van der Waals surface area contributed by atoms with Crippen molar-refractivity contribution in [3.8, 4) is 11.1 Å². The van der Waals surface area contributed by atoms with Gasteiger partial charge in [0.15, 0.2) is 5.65 Å². The van der Waals surface area contributed by atoms with Crippen LogP contribution in [0.1, 0.15) is 23.3 Å². The van der Waals surface area contributed by atoms with Crippen molar-refractivity contribution in [3.05, 3.63) is 71.0 Å². The summed E-state index contributed by atoms with van der Waals surface area (Å²) in [6, 6.07) is 18.0. The maximum Gasteiger partial charge on any atom is 0.270 e. The number of halogens is 1. The van der Waals surface area contributed by atoms with Crippen LogP contribution in [0.5, 0.6) is 0 Å². The zero-order valence-electron chi connectivity index (χ0n) is 21.5. The van der Waals surface area contributed by atoms with E-state index in [1.165, 1.54) is 0 Å². The summed E-state index contributed by atoms with van der Waals surface area (Å²) in [7, 11) is 0. The molecule has 1 atom stereocenters. The molecule has 9 nitrogen and oxygen atoms in total. The van der Waals surface area contributed by atoms with Crippen molar-refractivity contribution in [2.75, 3.05) is 49.6 Å². The molecular weight excluding hydrogens is 558 g/mol. The number of nitrogens with one attached hydrogen (secondary N) is 3. The fourth-order valence-corrected chi connectivity index (χ4v) is 5.52. The lowest BCUT2D eigenvalue weighted by molar-refractivity contribution is 0.0926. The fourth-order valence-electron chi connectivity index (χ4n) is 5.02. The third-order valence-electron chi connectivity index (χ3n) is 7.08. The Bertz CT molecular complexity index is 1470. The summed E-state index contributed by atoms with van der Waals surface area (Å²) in [4.78, 5) is 29.8. The van der Waals surface area contributed by atoms with Crippen molar-refractivity contribution >= 4 is 50.2 Å². The maximum atomic E-state index is 13.5. The van der Waals surface area contributed by atoms with Crippen molar-refractivity contribution < 1.29 is 9.53 Å². The predicted molar refractivity (Wildman–Crippen MR) is 157 cm³/mol. The molecule has 200 valence electrons. The zero-order valence-corrected chi connectivity index (χ0v) is 23.1. The highest BCUT2D eigenvalue weighted by Gasteiger charge is 2.22. The van der Waals surface area contributed by atoms with Gasteiger partial charge in [-0.1, -0.05) is 34.1 Å². The van der Waals surface area contributed by atoms with Gasteiger partial charge in [-0.2, -0.15) is 4.98 Å². The van der Waals surface area contributed by atoms with Crippen LogP contribution >= 0.6 is 15.9 Å². The standard InChI is InChI=1S/C29H30BrN7O2/c30-25-6-2-1-5-23(25)24-16-19-17-32-29(34-20-7-9-22(10-8-20)37-12-14-39-15-13-37)36-27(19)35-26(24)28(38)33-21-4-3-11-31-18-21/h1-2,5-10,16-17,21,31H,3-4,11-15,18H2,(H,33,38)(H,32,34,35,36)/t21-/m0/s1. The number of benzene rings is 2. The van der Waals surface area contributed by atoms with E-state index in [0.29, 0.717) is 17.3 Å². The highest BCUT2D eigenvalue weighted by Crippen LogP contribution is 2.32. The summed E-state index contributed by atoms with van der Waals surface area (Å²) in [6.45, 7) is 5.01. The molecule has 0 bridgehead atoms. The van der Waals surface area contributed by atoms with Crippen LogP contribution < -0.4 is 20.9 Å². The number of carbonyl (C=O) groups excluding carboxylic acids is 1. The number of anilines is 3. The van der Waals surface area contributed by atoms with Gasteiger partial charge in [0.2, 0.25) is 5.95 Å². The van der Waals surface area contributed by atoms with E-state index < -0.39 is 0 Å². The van der Waals surface area contributed by atoms with Crippen LogP contribution in [0.25, 0.3) is 22.2 Å². The number of pyridine rings is 1. The SMILES string of the molecule is O=C(N[C@H]1CCCNC1)c1nc2nc(Nc3ccc(N4CCOCC4)cc3)ncc2cc1-c1ccccc1Br. The van der Waals surface area contributed by atoms with E-state index >= 15 is 0 Å². The van der Waals surface area contributed by atoms with Crippen molar-refractivity contribution in [2.24, 2.45) is 0 Å². The normalized spacial score (nSPS) is 17.7. The van der Waals surface area contributed by atoms with Crippen LogP contribution in [0.4, 0.5) is 17.3 Å². The van der Waals surface area contributed by atoms with Crippen LogP contribution in [0, 0.1) is 0 Å². The van der Waals surface area contributed by atoms with Gasteiger partial charge in [0.1, 0.15) is 5.69 Å². The number of aromatic nitrogens is 3. The van der Waals surface area contributed by atoms with Crippen LogP contribution in [-0.4, -0.2) is 66.3 Å². The summed E-state index contributed by atoms with van der Waals surface area (Å²) in [5, 5.41) is 10.5. The maximum absolute atomic E-state index is 13.5. The highest BCUT2D eigenvalue weighted by molar-refractivity contribution is 9.10. The first-order valence-electron chi connectivity index (χ1n) is 13.3. The molecule has 0 unspecified atom stereocenters. The number of carbonyl (C=O) groups is 1. The van der Waals surface area contributed by atoms with Gasteiger partial charge in [-0.25, -0.2) is 9.97 Å². The van der Waals surface area contributed by atoms with Gasteiger partial charge in [0.05, 0.1) is 13.2 Å². The van der Waals surface area contributed by atoms with Gasteiger partial charge in [-0.3, -0.25) is 4.79 Å². The molecule has 0 spiro atoms. The second-order valence-electron chi connectivity index (χ2n) is 9.76. The highest BCUT2D eigenvalue weighted by atomic mass is 79.9. The molecule has 2 aromatic heterocycles. The molecule has 0 radical (unpaired) electrons. The van der Waals surface area contributed by atoms with E-state index in [4.69, 9.17) is 9.72 Å². The van der Waals surface area contributed by atoms with Gasteiger partial charge in [-0.05, 0) is 61.3 Å². The lowest BCUT2D eigenvalue weighted by atomic mass is 10.0. The van der Waals surface area contributed by atoms with Crippen molar-refractivity contribution in [2.45, 2.75) is 18.9 Å². The van der Waals surface area contributed by atoms with Crippen molar-refractivity contribution in [3.63, 3.8) is 0 Å². The smallest absolute Gasteiger partial charge is 0.270 e. The Morgan fingerprint density at radius 2 is 1.87 bits per heavy atom. The second kappa shape index (κ2) is 11.6. The summed E-state index contributed by atoms with van der Waals surface area (Å²) in [5.41, 5.74) is 4.47. The molecule has 2 fully saturated rings. The van der Waals surface area contributed by atoms with E-state index in [-0.39, 0.29) is 11.9 Å². The molecule has 2 aliphatic rings. The molecule has 10 heteroatoms. The summed E-state index contributed by atoms with van der Waals surface area (Å²) < 4.78 is 6.34. The molecule has 3 N–H and O–H groups in total. The molecule has 0 aliphatic carbocycles. The molecule has 39 heavy (non-hydrogen) atoms. The summed E-state index contributed by atoms with van der Waals surface area (Å²) in [6.07, 6.45) is 3.72. The molecule has 4 aromatic rings. The quantitative estimate of drug-likeness (QED) is 0.302. The molecule has 6 rings (SSSR count). The van der Waals surface area contributed by atoms with E-state index in [1.54, 1.807) is 6.20 Å². The number of hydrogen-bond acceptors (Lipinski definition) is 8. The average molecular weight is 589 g/mol. The summed E-state index contributed by atoms with van der Waals surface area (Å²) >= 11 is 3.64. The van der Waals surface area contributed by atoms with Crippen LogP contribution in [0.2, 0.25) is 0 Å². The van der Waals surface area contributed by atoms with Crippen LogP contribution in [0.3, 0.4) is 0 Å². The number of rotatable bonds is 6. The first kappa shape index (κ1) is 25.7. The second-order valence-corrected chi connectivity index (χ2v) is 10.6. The number of ether oxygens (including phenoxy) is 1. The van der Waals surface area contributed by atoms with Gasteiger partial charge >= 0.3 is 0 Å². The number of amides is 1. The lowest BCUT2D eigenvalue weighted by Gasteiger charge is -2.28. The van der Waals surface area contributed by atoms with Gasteiger partial charge in [0.25, 0.3) is 5.91 Å². The van der Waals surface area contributed by atoms with E-state index in [9.17, 15) is 4.79 Å². The average Bonchev–Trinajstić information content (AvgIpc) is 2.98. The molecule has 0 saturated carbocycles. The Hall–Kier alpha value is -3.60. The third-order valence-corrected chi connectivity index (χ3v) is 7.77. The molecule has 1 amide bonds. The third kappa shape index (κ3) is 5.88. The van der Waals surface area contributed by atoms with Crippen LogP contribution in [0.15, 0.2) is 65.3 Å². The Labute approximate surface area is 235 Å². The van der Waals surface area contributed by atoms with E-state index in [0.717, 1.165) is 84.6 Å². The monoisotopic (exact) mass is 587 g/mol. The molecule has 2 aliphatic heterocycles. The first-order valence-corrected chi connectivity index (χ1v) is 14.1. The van der Waals surface area contributed by atoms with Crippen LogP contribution in [-0.2, 0) is 4.74 Å². The Morgan fingerprint density at radius 1 is 1.05 bits per heavy atom. The minimum atomic E-state index is -0.205. The lowest BCUT2D eigenvalue weighted by Crippen LogP contribution is -2.45. The van der Waals surface area contributed by atoms with E-state index in [1.807, 2.05) is 42.5 Å². The zero-order chi connectivity index (χ0) is 26.6. The van der Waals surface area contributed by atoms with Crippen molar-refractivity contribution in [1.29, 1.82) is 0 Å². The fraction of sp³-hybridized carbons (Fsp3) is 0.310. The van der Waals surface area contributed by atoms with Gasteiger partial charge in [0, 0.05) is 58.7 Å². The molecule has 2 saturated heterocycles. The van der Waals surface area contributed by atoms with E-state index in [2.05, 4.69) is 58.9 Å². The summed E-state index contributed by atoms with van der Waals surface area (Å²) in [5.74, 6) is 0.216. The number of morpholine rings is 1. The topological polar surface area (TPSA) is 104 Å². The molecular formula is C29H30BrN7O2. The minimum Gasteiger partial charge on any atom is -0.378 e. The minimum absolute atomic E-state index is 0.0684. The number of fused-ring (bicyclic) bond motifs is 1. The van der Waals surface area contributed by atoms with Crippen molar-refractivity contribution in [1.82, 2.24) is 25.6 Å². The Morgan fingerprint density at radius 3 is 2.64 bits per heavy atom. The predicted octanol–water partition coefficient (Wildman–Crippen LogP) is 4.52.